The van der Waals surface area contributed by atoms with Crippen LogP contribution in [-0.2, 0) is 17.6 Å². The highest BCUT2D eigenvalue weighted by molar-refractivity contribution is 6.33. The first-order valence-corrected chi connectivity index (χ1v) is 10.1. The Balaban J connectivity index is 1.74. The van der Waals surface area contributed by atoms with E-state index in [0.29, 0.717) is 41.3 Å². The minimum absolute atomic E-state index is 0.430. The summed E-state index contributed by atoms with van der Waals surface area (Å²) in [6.45, 7) is -0.0639. The minimum atomic E-state index is -1.46. The summed E-state index contributed by atoms with van der Waals surface area (Å²) >= 11 is 6.61. The van der Waals surface area contributed by atoms with Crippen LogP contribution >= 0.6 is 11.6 Å². The molecule has 1 saturated heterocycles. The third-order valence-corrected chi connectivity index (χ3v) is 6.12. The number of nitriles is 1. The number of hydrogen-bond donors (Lipinski definition) is 4. The molecule has 5 unspecified atom stereocenters. The number of nitrogens with zero attached hydrogens (tertiary/aromatic N) is 1. The second-order valence-corrected chi connectivity index (χ2v) is 7.96. The predicted molar refractivity (Wildman–Crippen MR) is 107 cm³/mol. The van der Waals surface area contributed by atoms with E-state index in [1.54, 1.807) is 12.1 Å². The maximum atomic E-state index is 10.6. The van der Waals surface area contributed by atoms with Gasteiger partial charge in [-0.25, -0.2) is 0 Å². The van der Waals surface area contributed by atoms with E-state index in [1.165, 1.54) is 0 Å². The van der Waals surface area contributed by atoms with Crippen molar-refractivity contribution in [3.63, 3.8) is 0 Å². The third-order valence-electron chi connectivity index (χ3n) is 5.71. The second kappa shape index (κ2) is 8.52. The van der Waals surface area contributed by atoms with Crippen molar-refractivity contribution in [1.29, 1.82) is 5.26 Å². The van der Waals surface area contributed by atoms with Crippen LogP contribution in [0.15, 0.2) is 30.3 Å². The van der Waals surface area contributed by atoms with E-state index >= 15 is 0 Å². The molecule has 2 aliphatic rings. The van der Waals surface area contributed by atoms with Gasteiger partial charge in [0, 0.05) is 12.0 Å². The van der Waals surface area contributed by atoms with Crippen molar-refractivity contribution in [3.05, 3.63) is 63.2 Å². The van der Waals surface area contributed by atoms with Crippen molar-refractivity contribution in [2.75, 3.05) is 13.2 Å². The maximum Gasteiger partial charge on any atom is 0.141 e. The van der Waals surface area contributed by atoms with Gasteiger partial charge in [-0.3, -0.25) is 0 Å². The highest BCUT2D eigenvalue weighted by Crippen LogP contribution is 2.44. The standard InChI is InChI=1S/C22H22ClNO6/c23-17-13(7-11-1-3-12(9-24)4-2-11)8-15(14-5-6-29-21(14)17)22-20(28)19(27)18(26)16(10-25)30-22/h1-4,8,16,18-20,22,25-28H,5-7,10H2. The fourth-order valence-electron chi connectivity index (χ4n) is 4.07. The van der Waals surface area contributed by atoms with Gasteiger partial charge in [0.15, 0.2) is 0 Å². The molecule has 0 radical (unpaired) electrons. The molecule has 8 heteroatoms. The largest absolute Gasteiger partial charge is 0.491 e. The number of halogens is 1. The van der Waals surface area contributed by atoms with Crippen LogP contribution in [0, 0.1) is 11.3 Å². The Hall–Kier alpha value is -2.18. The SMILES string of the molecule is N#Cc1ccc(Cc2cc(C3OC(CO)C(O)C(O)C3O)c3c(c2Cl)OCC3)cc1. The summed E-state index contributed by atoms with van der Waals surface area (Å²) < 4.78 is 11.5. The zero-order chi connectivity index (χ0) is 21.4. The van der Waals surface area contributed by atoms with Crippen molar-refractivity contribution < 1.29 is 29.9 Å². The smallest absolute Gasteiger partial charge is 0.141 e. The summed E-state index contributed by atoms with van der Waals surface area (Å²) in [7, 11) is 0. The van der Waals surface area contributed by atoms with Gasteiger partial charge in [-0.1, -0.05) is 29.8 Å². The van der Waals surface area contributed by atoms with Crippen LogP contribution in [0.2, 0.25) is 5.02 Å². The Morgan fingerprint density at radius 2 is 1.83 bits per heavy atom. The molecule has 2 aromatic rings. The van der Waals surface area contributed by atoms with Crippen molar-refractivity contribution in [2.45, 2.75) is 43.4 Å². The lowest BCUT2D eigenvalue weighted by Gasteiger charge is -2.40. The van der Waals surface area contributed by atoms with E-state index in [9.17, 15) is 20.4 Å². The van der Waals surface area contributed by atoms with Crippen molar-refractivity contribution in [3.8, 4) is 11.8 Å². The molecule has 2 aromatic carbocycles. The summed E-state index contributed by atoms with van der Waals surface area (Å²) in [5.74, 6) is 0.523. The number of aliphatic hydroxyl groups is 4. The summed E-state index contributed by atoms with van der Waals surface area (Å²) in [5.41, 5.74) is 3.65. The lowest BCUT2D eigenvalue weighted by Crippen LogP contribution is -2.55. The van der Waals surface area contributed by atoms with Gasteiger partial charge in [0.1, 0.15) is 36.3 Å². The van der Waals surface area contributed by atoms with Crippen LogP contribution in [0.4, 0.5) is 0 Å². The van der Waals surface area contributed by atoms with Crippen LogP contribution in [0.1, 0.15) is 33.9 Å². The Morgan fingerprint density at radius 3 is 2.50 bits per heavy atom. The van der Waals surface area contributed by atoms with E-state index in [0.717, 1.165) is 16.7 Å². The Kier molecular flexibility index (Phi) is 5.98. The normalized spacial score (nSPS) is 27.9. The molecule has 0 saturated carbocycles. The van der Waals surface area contributed by atoms with Crippen LogP contribution < -0.4 is 4.74 Å². The molecule has 30 heavy (non-hydrogen) atoms. The average molecular weight is 432 g/mol. The Bertz CT molecular complexity index is 971. The van der Waals surface area contributed by atoms with Crippen LogP contribution in [-0.4, -0.2) is 58.1 Å². The molecule has 5 atom stereocenters. The predicted octanol–water partition coefficient (Wildman–Crippen LogP) is 1.25. The fraction of sp³-hybridized carbons (Fsp3) is 0.409. The molecule has 1 fully saturated rings. The first kappa shape index (κ1) is 21.1. The van der Waals surface area contributed by atoms with Gasteiger partial charge < -0.3 is 29.9 Å². The second-order valence-electron chi connectivity index (χ2n) is 7.58. The molecule has 0 spiro atoms. The number of benzene rings is 2. The highest BCUT2D eigenvalue weighted by Gasteiger charge is 2.45. The monoisotopic (exact) mass is 431 g/mol. The molecule has 7 nitrogen and oxygen atoms in total. The maximum absolute atomic E-state index is 10.6. The lowest BCUT2D eigenvalue weighted by atomic mass is 9.87. The molecule has 0 aliphatic carbocycles. The summed E-state index contributed by atoms with van der Waals surface area (Å²) in [6, 6.07) is 11.0. The quantitative estimate of drug-likeness (QED) is 0.574. The zero-order valence-corrected chi connectivity index (χ0v) is 16.8. The van der Waals surface area contributed by atoms with Gasteiger partial charge >= 0.3 is 0 Å². The molecular weight excluding hydrogens is 410 g/mol. The first-order chi connectivity index (χ1) is 14.4. The molecule has 2 aliphatic heterocycles. The van der Waals surface area contributed by atoms with Gasteiger partial charge in [-0.15, -0.1) is 0 Å². The molecule has 0 aromatic heterocycles. The van der Waals surface area contributed by atoms with Gasteiger partial charge in [-0.2, -0.15) is 5.26 Å². The molecular formula is C22H22ClNO6. The fourth-order valence-corrected chi connectivity index (χ4v) is 4.36. The third kappa shape index (κ3) is 3.67. The van der Waals surface area contributed by atoms with Crippen LogP contribution in [0.5, 0.6) is 5.75 Å². The van der Waals surface area contributed by atoms with E-state index in [-0.39, 0.29) is 0 Å². The molecule has 4 rings (SSSR count). The number of hydrogen-bond acceptors (Lipinski definition) is 7. The number of aliphatic hydroxyl groups excluding tert-OH is 4. The van der Waals surface area contributed by atoms with E-state index in [2.05, 4.69) is 6.07 Å². The van der Waals surface area contributed by atoms with E-state index < -0.39 is 37.1 Å². The number of fused-ring (bicyclic) bond motifs is 1. The minimum Gasteiger partial charge on any atom is -0.491 e. The van der Waals surface area contributed by atoms with Crippen molar-refractivity contribution in [2.24, 2.45) is 0 Å². The van der Waals surface area contributed by atoms with Gasteiger partial charge in [-0.05, 0) is 35.2 Å². The molecule has 0 bridgehead atoms. The van der Waals surface area contributed by atoms with Crippen molar-refractivity contribution >= 4 is 11.6 Å². The average Bonchev–Trinajstić information content (AvgIpc) is 3.26. The van der Waals surface area contributed by atoms with Gasteiger partial charge in [0.25, 0.3) is 0 Å². The summed E-state index contributed by atoms with van der Waals surface area (Å²) in [5, 5.41) is 49.9. The number of rotatable bonds is 4. The van der Waals surface area contributed by atoms with Gasteiger partial charge in [0.05, 0.1) is 29.9 Å². The molecule has 4 N–H and O–H groups in total. The molecule has 2 heterocycles. The summed E-state index contributed by atoms with van der Waals surface area (Å²) in [6.07, 6.45) is -5.18. The lowest BCUT2D eigenvalue weighted by molar-refractivity contribution is -0.231. The van der Waals surface area contributed by atoms with E-state index in [4.69, 9.17) is 26.3 Å². The zero-order valence-electron chi connectivity index (χ0n) is 16.0. The highest BCUT2D eigenvalue weighted by atomic mass is 35.5. The molecule has 158 valence electrons. The molecule has 0 amide bonds. The topological polar surface area (TPSA) is 123 Å². The Morgan fingerprint density at radius 1 is 1.10 bits per heavy atom. The van der Waals surface area contributed by atoms with Gasteiger partial charge in [0.2, 0.25) is 0 Å². The Labute approximate surface area is 178 Å². The van der Waals surface area contributed by atoms with Crippen LogP contribution in [0.3, 0.4) is 0 Å². The van der Waals surface area contributed by atoms with Crippen molar-refractivity contribution in [1.82, 2.24) is 0 Å². The van der Waals surface area contributed by atoms with Crippen LogP contribution in [0.25, 0.3) is 0 Å². The summed E-state index contributed by atoms with van der Waals surface area (Å²) in [4.78, 5) is 0. The van der Waals surface area contributed by atoms with E-state index in [1.807, 2.05) is 18.2 Å². The number of ether oxygens (including phenoxy) is 2. The first-order valence-electron chi connectivity index (χ1n) is 9.71.